The second-order valence-electron chi connectivity index (χ2n) is 6.92. The molecule has 0 amide bonds. The Morgan fingerprint density at radius 1 is 1.08 bits per heavy atom. The molecule has 10 heteroatoms. The van der Waals surface area contributed by atoms with Gasteiger partial charge < -0.3 is 30.5 Å². The summed E-state index contributed by atoms with van der Waals surface area (Å²) < 4.78 is 7.09. The van der Waals surface area contributed by atoms with Gasteiger partial charge in [0.05, 0.1) is 19.0 Å². The lowest BCUT2D eigenvalue weighted by atomic mass is 9.93. The van der Waals surface area contributed by atoms with E-state index in [4.69, 9.17) is 4.74 Å². The SMILES string of the molecule is OC[C@H]1OC(n2cnc3c(NC4CCC(O)CC4)ncnc32)[C@@H](O)[C@H]1O. The van der Waals surface area contributed by atoms with E-state index in [1.165, 1.54) is 17.2 Å². The van der Waals surface area contributed by atoms with Crippen LogP contribution in [0.4, 0.5) is 5.82 Å². The normalized spacial score (nSPS) is 35.1. The summed E-state index contributed by atoms with van der Waals surface area (Å²) in [5.41, 5.74) is 1.00. The van der Waals surface area contributed by atoms with Crippen LogP contribution in [-0.4, -0.2) is 77.0 Å². The van der Waals surface area contributed by atoms with Crippen LogP contribution >= 0.6 is 0 Å². The van der Waals surface area contributed by atoms with E-state index in [1.54, 1.807) is 0 Å². The maximum absolute atomic E-state index is 10.2. The molecule has 1 saturated heterocycles. The minimum atomic E-state index is -1.20. The summed E-state index contributed by atoms with van der Waals surface area (Å²) in [7, 11) is 0. The molecule has 0 bridgehead atoms. The molecule has 4 rings (SSSR count). The van der Waals surface area contributed by atoms with Gasteiger partial charge in [0.1, 0.15) is 24.6 Å². The number of fused-ring (bicyclic) bond motifs is 1. The number of rotatable bonds is 4. The lowest BCUT2D eigenvalue weighted by Gasteiger charge is -2.26. The molecule has 3 heterocycles. The van der Waals surface area contributed by atoms with E-state index < -0.39 is 31.1 Å². The molecule has 4 atom stereocenters. The van der Waals surface area contributed by atoms with Crippen LogP contribution in [0, 0.1) is 0 Å². The molecule has 2 aromatic rings. The molecular formula is C16H23N5O5. The molecule has 2 aliphatic rings. The van der Waals surface area contributed by atoms with Crippen LogP contribution in [0.1, 0.15) is 31.9 Å². The second kappa shape index (κ2) is 7.05. The maximum Gasteiger partial charge on any atom is 0.167 e. The number of anilines is 1. The Bertz CT molecular complexity index is 763. The van der Waals surface area contributed by atoms with E-state index >= 15 is 0 Å². The number of aliphatic hydroxyl groups is 4. The number of aromatic nitrogens is 4. The molecule has 1 aliphatic carbocycles. The van der Waals surface area contributed by atoms with Crippen LogP contribution in [0.5, 0.6) is 0 Å². The van der Waals surface area contributed by atoms with Crippen molar-refractivity contribution in [1.29, 1.82) is 0 Å². The summed E-state index contributed by atoms with van der Waals surface area (Å²) in [6, 6.07) is 0.204. The zero-order chi connectivity index (χ0) is 18.3. The van der Waals surface area contributed by atoms with E-state index in [0.717, 1.165) is 25.7 Å². The van der Waals surface area contributed by atoms with E-state index in [2.05, 4.69) is 20.3 Å². The van der Waals surface area contributed by atoms with Gasteiger partial charge in [0.15, 0.2) is 23.2 Å². The molecule has 26 heavy (non-hydrogen) atoms. The van der Waals surface area contributed by atoms with Gasteiger partial charge in [0, 0.05) is 6.04 Å². The average Bonchev–Trinajstić information content (AvgIpc) is 3.19. The van der Waals surface area contributed by atoms with Crippen molar-refractivity contribution >= 4 is 17.0 Å². The summed E-state index contributed by atoms with van der Waals surface area (Å²) in [6.45, 7) is -0.392. The van der Waals surface area contributed by atoms with Gasteiger partial charge in [-0.15, -0.1) is 0 Å². The van der Waals surface area contributed by atoms with Crippen molar-refractivity contribution in [3.63, 3.8) is 0 Å². The predicted molar refractivity (Wildman–Crippen MR) is 90.2 cm³/mol. The smallest absolute Gasteiger partial charge is 0.167 e. The Morgan fingerprint density at radius 3 is 2.54 bits per heavy atom. The van der Waals surface area contributed by atoms with Gasteiger partial charge in [-0.2, -0.15) is 0 Å². The number of aliphatic hydroxyl groups excluding tert-OH is 4. The highest BCUT2D eigenvalue weighted by atomic mass is 16.6. The second-order valence-corrected chi connectivity index (χ2v) is 6.92. The number of imidazole rings is 1. The summed E-state index contributed by atoms with van der Waals surface area (Å²) in [6.07, 6.45) is 1.73. The van der Waals surface area contributed by atoms with Gasteiger partial charge in [-0.3, -0.25) is 4.57 Å². The van der Waals surface area contributed by atoms with Crippen LogP contribution in [0.25, 0.3) is 11.2 Å². The van der Waals surface area contributed by atoms with Crippen molar-refractivity contribution in [1.82, 2.24) is 19.5 Å². The molecular weight excluding hydrogens is 342 g/mol. The van der Waals surface area contributed by atoms with Gasteiger partial charge in [0.25, 0.3) is 0 Å². The van der Waals surface area contributed by atoms with E-state index in [9.17, 15) is 20.4 Å². The lowest BCUT2D eigenvalue weighted by molar-refractivity contribution is -0.0511. The van der Waals surface area contributed by atoms with Crippen molar-refractivity contribution in [2.45, 2.75) is 62.4 Å². The first-order valence-electron chi connectivity index (χ1n) is 8.83. The molecule has 2 fully saturated rings. The topological polar surface area (TPSA) is 146 Å². The Morgan fingerprint density at radius 2 is 1.85 bits per heavy atom. The van der Waals surface area contributed by atoms with Crippen LogP contribution in [0.15, 0.2) is 12.7 Å². The zero-order valence-corrected chi connectivity index (χ0v) is 14.1. The fourth-order valence-electron chi connectivity index (χ4n) is 3.67. The molecule has 5 N–H and O–H groups in total. The third-order valence-electron chi connectivity index (χ3n) is 5.19. The highest BCUT2D eigenvalue weighted by Gasteiger charge is 2.44. The largest absolute Gasteiger partial charge is 0.394 e. The average molecular weight is 365 g/mol. The van der Waals surface area contributed by atoms with Gasteiger partial charge in [-0.25, -0.2) is 15.0 Å². The molecule has 1 aliphatic heterocycles. The molecule has 0 radical (unpaired) electrons. The molecule has 142 valence electrons. The van der Waals surface area contributed by atoms with Crippen molar-refractivity contribution in [3.8, 4) is 0 Å². The summed E-state index contributed by atoms with van der Waals surface area (Å²) >= 11 is 0. The first-order chi connectivity index (χ1) is 12.6. The zero-order valence-electron chi connectivity index (χ0n) is 14.1. The van der Waals surface area contributed by atoms with Crippen LogP contribution in [-0.2, 0) is 4.74 Å². The number of hydrogen-bond donors (Lipinski definition) is 5. The van der Waals surface area contributed by atoms with Gasteiger partial charge in [-0.1, -0.05) is 0 Å². The fourth-order valence-corrected chi connectivity index (χ4v) is 3.67. The van der Waals surface area contributed by atoms with Crippen LogP contribution in [0.2, 0.25) is 0 Å². The van der Waals surface area contributed by atoms with Gasteiger partial charge in [-0.05, 0) is 25.7 Å². The number of nitrogens with zero attached hydrogens (tertiary/aromatic N) is 4. The number of nitrogens with one attached hydrogen (secondary N) is 1. The van der Waals surface area contributed by atoms with Crippen LogP contribution in [0.3, 0.4) is 0 Å². The standard InChI is InChI=1S/C16H23N5O5/c22-5-10-12(24)13(25)16(26-10)21-7-19-11-14(17-6-18-15(11)21)20-8-1-3-9(23)4-2-8/h6-10,12-13,16,22-25H,1-5H2,(H,17,18,20)/t8?,9?,10-,12+,13+,16?/m1/s1. The Hall–Kier alpha value is -1.85. The Labute approximate surface area is 149 Å². The van der Waals surface area contributed by atoms with E-state index in [0.29, 0.717) is 17.0 Å². The third-order valence-corrected chi connectivity index (χ3v) is 5.19. The van der Waals surface area contributed by atoms with Gasteiger partial charge >= 0.3 is 0 Å². The third kappa shape index (κ3) is 3.03. The van der Waals surface area contributed by atoms with Crippen LogP contribution < -0.4 is 5.32 Å². The highest BCUT2D eigenvalue weighted by molar-refractivity contribution is 5.82. The minimum absolute atomic E-state index is 0.204. The minimum Gasteiger partial charge on any atom is -0.394 e. The number of ether oxygens (including phenoxy) is 1. The highest BCUT2D eigenvalue weighted by Crippen LogP contribution is 2.32. The molecule has 0 aromatic carbocycles. The summed E-state index contributed by atoms with van der Waals surface area (Å²) in [4.78, 5) is 12.9. The Kier molecular flexibility index (Phi) is 4.76. The maximum atomic E-state index is 10.2. The molecule has 10 nitrogen and oxygen atoms in total. The van der Waals surface area contributed by atoms with Crippen molar-refractivity contribution in [3.05, 3.63) is 12.7 Å². The monoisotopic (exact) mass is 365 g/mol. The molecule has 1 saturated carbocycles. The lowest BCUT2D eigenvalue weighted by Crippen LogP contribution is -2.33. The van der Waals surface area contributed by atoms with E-state index in [-0.39, 0.29) is 12.1 Å². The number of hydrogen-bond acceptors (Lipinski definition) is 9. The molecule has 2 aromatic heterocycles. The summed E-state index contributed by atoms with van der Waals surface area (Å²) in [5, 5.41) is 42.4. The Balaban J connectivity index is 1.59. The van der Waals surface area contributed by atoms with Crippen molar-refractivity contribution in [2.75, 3.05) is 11.9 Å². The molecule has 0 spiro atoms. The van der Waals surface area contributed by atoms with Gasteiger partial charge in [0.2, 0.25) is 0 Å². The first-order valence-corrected chi connectivity index (χ1v) is 8.83. The summed E-state index contributed by atoms with van der Waals surface area (Å²) in [5.74, 6) is 0.585. The predicted octanol–water partition coefficient (Wildman–Crippen LogP) is -0.847. The van der Waals surface area contributed by atoms with E-state index in [1.807, 2.05) is 0 Å². The molecule has 1 unspecified atom stereocenters. The quantitative estimate of drug-likeness (QED) is 0.468. The van der Waals surface area contributed by atoms with Crippen molar-refractivity contribution in [2.24, 2.45) is 0 Å². The first kappa shape index (κ1) is 17.6. The van der Waals surface area contributed by atoms with Crippen molar-refractivity contribution < 1.29 is 25.2 Å². The fraction of sp³-hybridized carbons (Fsp3) is 0.688.